The van der Waals surface area contributed by atoms with Gasteiger partial charge in [-0.3, -0.25) is 9.59 Å². The summed E-state index contributed by atoms with van der Waals surface area (Å²) >= 11 is 0. The fourth-order valence-corrected chi connectivity index (χ4v) is 5.05. The van der Waals surface area contributed by atoms with Crippen LogP contribution in [0.25, 0.3) is 23.1 Å². The summed E-state index contributed by atoms with van der Waals surface area (Å²) in [4.78, 5) is 22.7. The molecule has 4 aromatic rings. The number of unbranched alkanes of at least 4 members (excludes halogenated alkanes) is 1. The molecule has 4 rings (SSSR count). The molecule has 2 N–H and O–H groups in total. The quantitative estimate of drug-likeness (QED) is 0.0922. The van der Waals surface area contributed by atoms with Crippen LogP contribution in [0.15, 0.2) is 54.6 Å². The molecule has 0 unspecified atom stereocenters. The van der Waals surface area contributed by atoms with Crippen molar-refractivity contribution in [2.24, 2.45) is 0 Å². The lowest BCUT2D eigenvalue weighted by atomic mass is 10.0. The Morgan fingerprint density at radius 1 is 0.905 bits per heavy atom. The Bertz CT molecular complexity index is 1590. The minimum atomic E-state index is -1.46. The molecular weight excluding hydrogens is 547 g/mol. The van der Waals surface area contributed by atoms with E-state index in [2.05, 4.69) is 0 Å². The number of carboxylic acid groups (broad SMARTS) is 2. The zero-order chi connectivity index (χ0) is 30.2. The van der Waals surface area contributed by atoms with E-state index in [1.165, 1.54) is 0 Å². The molecule has 1 aromatic heterocycles. The van der Waals surface area contributed by atoms with Crippen LogP contribution in [0.2, 0.25) is 0 Å². The third kappa shape index (κ3) is 7.60. The molecule has 6 nitrogen and oxygen atoms in total. The zero-order valence-corrected chi connectivity index (χ0v) is 23.2. The van der Waals surface area contributed by atoms with E-state index in [-0.39, 0.29) is 12.8 Å². The highest BCUT2D eigenvalue weighted by molar-refractivity contribution is 5.97. The van der Waals surface area contributed by atoms with Gasteiger partial charge in [0.25, 0.3) is 0 Å². The normalized spacial score (nSPS) is 11.4. The largest absolute Gasteiger partial charge is 0.494 e. The lowest BCUT2D eigenvalue weighted by Crippen LogP contribution is -2.05. The Morgan fingerprint density at radius 3 is 2.29 bits per heavy atom. The topological polar surface area (TPSA) is 88.8 Å². The van der Waals surface area contributed by atoms with Crippen LogP contribution < -0.4 is 4.74 Å². The fraction of sp³-hybridized carbons (Fsp3) is 0.273. The number of ether oxygens (including phenoxy) is 1. The highest BCUT2D eigenvalue weighted by Gasteiger charge is 2.18. The summed E-state index contributed by atoms with van der Waals surface area (Å²) in [5, 5.41) is 19.4. The predicted octanol–water partition coefficient (Wildman–Crippen LogP) is 7.43. The molecule has 0 radical (unpaired) electrons. The SMILES string of the molecule is Cc1c(CC(=O)O)c2c(C=Cc3ccc(OCCCCc4cc(F)c(F)c(F)c4)cc3)cccc2n1CCCC(=O)O. The molecule has 0 fully saturated rings. The summed E-state index contributed by atoms with van der Waals surface area (Å²) < 4.78 is 47.6. The standard InChI is InChI=1S/C33H32F3NO5/c1-21-26(20-31(40)41)32-24(7-4-8-29(32)37(21)16-5-9-30(38)39)13-10-22-11-14-25(15-12-22)42-17-3-2-6-23-18-27(34)33(36)28(35)19-23/h4,7-8,10-15,18-19H,2-3,5-6,9,16-17,20H2,1H3,(H,38,39)(H,40,41). The molecule has 220 valence electrons. The average molecular weight is 580 g/mol. The van der Waals surface area contributed by atoms with Crippen LogP contribution in [0, 0.1) is 24.4 Å². The van der Waals surface area contributed by atoms with Gasteiger partial charge in [-0.05, 0) is 85.2 Å². The third-order valence-corrected chi connectivity index (χ3v) is 7.12. The first-order valence-electron chi connectivity index (χ1n) is 13.7. The maximum absolute atomic E-state index is 13.3. The van der Waals surface area contributed by atoms with Gasteiger partial charge in [0.05, 0.1) is 13.0 Å². The smallest absolute Gasteiger partial charge is 0.307 e. The van der Waals surface area contributed by atoms with Gasteiger partial charge in [0.15, 0.2) is 17.5 Å². The van der Waals surface area contributed by atoms with Crippen molar-refractivity contribution in [1.29, 1.82) is 0 Å². The third-order valence-electron chi connectivity index (χ3n) is 7.12. The van der Waals surface area contributed by atoms with E-state index in [0.717, 1.165) is 39.9 Å². The van der Waals surface area contributed by atoms with E-state index in [4.69, 9.17) is 9.84 Å². The van der Waals surface area contributed by atoms with Crippen molar-refractivity contribution in [3.63, 3.8) is 0 Å². The predicted molar refractivity (Wildman–Crippen MR) is 155 cm³/mol. The summed E-state index contributed by atoms with van der Waals surface area (Å²) in [6.07, 6.45) is 5.89. The van der Waals surface area contributed by atoms with Gasteiger partial charge in [-0.2, -0.15) is 0 Å². The van der Waals surface area contributed by atoms with E-state index < -0.39 is 29.4 Å². The van der Waals surface area contributed by atoms with Crippen molar-refractivity contribution < 1.29 is 37.7 Å². The molecule has 0 spiro atoms. The van der Waals surface area contributed by atoms with E-state index in [9.17, 15) is 27.9 Å². The number of benzene rings is 3. The van der Waals surface area contributed by atoms with E-state index in [1.54, 1.807) is 0 Å². The van der Waals surface area contributed by atoms with Crippen molar-refractivity contribution in [3.05, 3.63) is 100.0 Å². The molecule has 0 saturated heterocycles. The summed E-state index contributed by atoms with van der Waals surface area (Å²) in [7, 11) is 0. The van der Waals surface area contributed by atoms with Gasteiger partial charge < -0.3 is 19.5 Å². The second-order valence-electron chi connectivity index (χ2n) is 10.1. The van der Waals surface area contributed by atoms with Crippen LogP contribution >= 0.6 is 0 Å². The Labute approximate surface area is 241 Å². The molecule has 0 amide bonds. The zero-order valence-electron chi connectivity index (χ0n) is 23.2. The number of hydrogen-bond acceptors (Lipinski definition) is 3. The van der Waals surface area contributed by atoms with Gasteiger partial charge in [-0.1, -0.05) is 36.4 Å². The summed E-state index contributed by atoms with van der Waals surface area (Å²) in [5.74, 6) is -4.96. The molecule has 9 heteroatoms. The number of rotatable bonds is 14. The minimum absolute atomic E-state index is 0.0329. The Morgan fingerprint density at radius 2 is 1.62 bits per heavy atom. The molecule has 0 atom stereocenters. The van der Waals surface area contributed by atoms with Gasteiger partial charge >= 0.3 is 11.9 Å². The van der Waals surface area contributed by atoms with Crippen molar-refractivity contribution in [1.82, 2.24) is 4.57 Å². The van der Waals surface area contributed by atoms with Crippen molar-refractivity contribution in [3.8, 4) is 5.75 Å². The lowest BCUT2D eigenvalue weighted by molar-refractivity contribution is -0.137. The van der Waals surface area contributed by atoms with E-state index in [1.807, 2.05) is 66.1 Å². The number of nitrogens with zero attached hydrogens (tertiary/aromatic N) is 1. The van der Waals surface area contributed by atoms with Gasteiger partial charge in [0, 0.05) is 29.6 Å². The van der Waals surface area contributed by atoms with Crippen molar-refractivity contribution in [2.45, 2.75) is 52.0 Å². The molecule has 0 bridgehead atoms. The number of carbonyl (C=O) groups is 2. The Kier molecular flexibility index (Phi) is 10.1. The Hall–Kier alpha value is -4.53. The number of aromatic nitrogens is 1. The number of fused-ring (bicyclic) bond motifs is 1. The Balaban J connectivity index is 1.40. The van der Waals surface area contributed by atoms with Gasteiger partial charge in [0.2, 0.25) is 0 Å². The van der Waals surface area contributed by atoms with Gasteiger partial charge in [-0.15, -0.1) is 0 Å². The number of carboxylic acids is 2. The molecule has 3 aromatic carbocycles. The summed E-state index contributed by atoms with van der Waals surface area (Å²) in [5.41, 5.74) is 4.58. The van der Waals surface area contributed by atoms with Crippen LogP contribution in [-0.4, -0.2) is 33.3 Å². The fourth-order valence-electron chi connectivity index (χ4n) is 5.05. The number of aliphatic carboxylic acids is 2. The first-order chi connectivity index (χ1) is 20.1. The van der Waals surface area contributed by atoms with Crippen LogP contribution in [0.4, 0.5) is 13.2 Å². The van der Waals surface area contributed by atoms with Crippen LogP contribution in [-0.2, 0) is 29.0 Å². The first-order valence-corrected chi connectivity index (χ1v) is 13.7. The lowest BCUT2D eigenvalue weighted by Gasteiger charge is -2.08. The molecule has 0 aliphatic rings. The number of halogens is 3. The monoisotopic (exact) mass is 579 g/mol. The average Bonchev–Trinajstić information content (AvgIpc) is 3.21. The molecule has 0 aliphatic heterocycles. The highest BCUT2D eigenvalue weighted by Crippen LogP contribution is 2.31. The molecule has 0 aliphatic carbocycles. The van der Waals surface area contributed by atoms with Crippen LogP contribution in [0.1, 0.15) is 53.6 Å². The maximum atomic E-state index is 13.3. The molecule has 42 heavy (non-hydrogen) atoms. The van der Waals surface area contributed by atoms with E-state index >= 15 is 0 Å². The first kappa shape index (κ1) is 30.4. The van der Waals surface area contributed by atoms with Crippen molar-refractivity contribution >= 4 is 35.0 Å². The van der Waals surface area contributed by atoms with Gasteiger partial charge in [0.1, 0.15) is 5.75 Å². The number of hydrogen-bond donors (Lipinski definition) is 2. The molecular formula is C33H32F3NO5. The minimum Gasteiger partial charge on any atom is -0.494 e. The van der Waals surface area contributed by atoms with Gasteiger partial charge in [-0.25, -0.2) is 13.2 Å². The maximum Gasteiger partial charge on any atom is 0.307 e. The second kappa shape index (κ2) is 13.9. The number of aryl methyl sites for hydroxylation is 2. The van der Waals surface area contributed by atoms with Crippen LogP contribution in [0.3, 0.4) is 0 Å². The van der Waals surface area contributed by atoms with Crippen molar-refractivity contribution in [2.75, 3.05) is 6.61 Å². The van der Waals surface area contributed by atoms with E-state index in [0.29, 0.717) is 55.7 Å². The molecule has 0 saturated carbocycles. The second-order valence-corrected chi connectivity index (χ2v) is 10.1. The summed E-state index contributed by atoms with van der Waals surface area (Å²) in [6, 6.07) is 15.3. The highest BCUT2D eigenvalue weighted by atomic mass is 19.2. The summed E-state index contributed by atoms with van der Waals surface area (Å²) in [6.45, 7) is 2.76. The van der Waals surface area contributed by atoms with Crippen LogP contribution in [0.5, 0.6) is 5.75 Å². The molecule has 1 heterocycles.